The second kappa shape index (κ2) is 10.3. The maximum atomic E-state index is 13.1. The van der Waals surface area contributed by atoms with Gasteiger partial charge in [-0.1, -0.05) is 12.1 Å². The van der Waals surface area contributed by atoms with Gasteiger partial charge in [-0.05, 0) is 42.0 Å². The van der Waals surface area contributed by atoms with Crippen LogP contribution in [0.3, 0.4) is 0 Å². The van der Waals surface area contributed by atoms with E-state index in [0.29, 0.717) is 0 Å². The van der Waals surface area contributed by atoms with Crippen LogP contribution in [0.5, 0.6) is 5.75 Å². The maximum Gasteiger partial charge on any atom is 0.194 e. The summed E-state index contributed by atoms with van der Waals surface area (Å²) in [6.45, 7) is 4.23. The van der Waals surface area contributed by atoms with Crippen molar-refractivity contribution in [3.63, 3.8) is 0 Å². The number of ether oxygens (including phenoxy) is 1. The Balaban J connectivity index is 0.00000261. The Kier molecular flexibility index (Phi) is 8.15. The van der Waals surface area contributed by atoms with Crippen LogP contribution < -0.4 is 15.0 Å². The molecule has 1 aliphatic rings. The van der Waals surface area contributed by atoms with Crippen LogP contribution in [0, 0.1) is 5.82 Å². The van der Waals surface area contributed by atoms with Gasteiger partial charge in [-0.25, -0.2) is 4.39 Å². The Morgan fingerprint density at radius 3 is 2.22 bits per heavy atom. The van der Waals surface area contributed by atoms with Crippen LogP contribution in [0.1, 0.15) is 5.56 Å². The second-order valence-corrected chi connectivity index (χ2v) is 6.20. The summed E-state index contributed by atoms with van der Waals surface area (Å²) in [6.07, 6.45) is 0. The van der Waals surface area contributed by atoms with E-state index in [1.807, 2.05) is 43.4 Å². The van der Waals surface area contributed by atoms with Gasteiger partial charge in [0.05, 0.1) is 7.11 Å². The fourth-order valence-corrected chi connectivity index (χ4v) is 3.09. The lowest BCUT2D eigenvalue weighted by molar-refractivity contribution is 0.372. The number of rotatable bonds is 4. The van der Waals surface area contributed by atoms with E-state index in [-0.39, 0.29) is 29.8 Å². The van der Waals surface area contributed by atoms with E-state index in [2.05, 4.69) is 20.1 Å². The number of anilines is 1. The van der Waals surface area contributed by atoms with Crippen molar-refractivity contribution < 1.29 is 9.13 Å². The molecule has 1 fully saturated rings. The molecular formula is C20H26FIN4O. The summed E-state index contributed by atoms with van der Waals surface area (Å²) in [5.74, 6) is 1.56. The molecular weight excluding hydrogens is 458 g/mol. The van der Waals surface area contributed by atoms with Crippen LogP contribution in [-0.4, -0.2) is 51.2 Å². The Labute approximate surface area is 177 Å². The molecule has 0 radical (unpaired) electrons. The molecule has 0 spiro atoms. The summed E-state index contributed by atoms with van der Waals surface area (Å²) >= 11 is 0. The topological polar surface area (TPSA) is 40.1 Å². The molecule has 0 unspecified atom stereocenters. The normalized spacial score (nSPS) is 14.6. The smallest absolute Gasteiger partial charge is 0.194 e. The number of halogens is 2. The van der Waals surface area contributed by atoms with E-state index in [9.17, 15) is 4.39 Å². The van der Waals surface area contributed by atoms with Crippen LogP contribution >= 0.6 is 24.0 Å². The average Bonchev–Trinajstić information content (AvgIpc) is 2.70. The molecule has 3 rings (SSSR count). The fraction of sp³-hybridized carbons (Fsp3) is 0.350. The van der Waals surface area contributed by atoms with Gasteiger partial charge in [-0.2, -0.15) is 0 Å². The number of nitrogens with zero attached hydrogens (tertiary/aromatic N) is 3. The Morgan fingerprint density at radius 1 is 1.04 bits per heavy atom. The molecule has 0 bridgehead atoms. The molecule has 2 aromatic carbocycles. The number of guanidine groups is 1. The van der Waals surface area contributed by atoms with Crippen LogP contribution in [-0.2, 0) is 6.54 Å². The lowest BCUT2D eigenvalue weighted by atomic mass is 10.2. The van der Waals surface area contributed by atoms with E-state index in [0.717, 1.165) is 50.1 Å². The summed E-state index contributed by atoms with van der Waals surface area (Å²) in [5, 5.41) is 3.42. The molecule has 1 aliphatic heterocycles. The SMILES string of the molecule is CN=C(NCc1ccc(OC)cc1)N1CCN(c2ccc(F)cc2)CC1.I. The van der Waals surface area contributed by atoms with Crippen LogP contribution in [0.25, 0.3) is 0 Å². The predicted octanol–water partition coefficient (Wildman–Crippen LogP) is 3.35. The number of piperazine rings is 1. The Bertz CT molecular complexity index is 729. The highest BCUT2D eigenvalue weighted by molar-refractivity contribution is 14.0. The fourth-order valence-electron chi connectivity index (χ4n) is 3.09. The van der Waals surface area contributed by atoms with E-state index in [1.54, 1.807) is 7.11 Å². The Hall–Kier alpha value is -2.03. The number of hydrogen-bond donors (Lipinski definition) is 1. The molecule has 146 valence electrons. The quantitative estimate of drug-likeness (QED) is 0.411. The van der Waals surface area contributed by atoms with Gasteiger partial charge in [-0.15, -0.1) is 24.0 Å². The van der Waals surface area contributed by atoms with Gasteiger partial charge in [0, 0.05) is 45.5 Å². The van der Waals surface area contributed by atoms with E-state index in [4.69, 9.17) is 4.74 Å². The van der Waals surface area contributed by atoms with Crippen molar-refractivity contribution in [1.82, 2.24) is 10.2 Å². The predicted molar refractivity (Wildman–Crippen MR) is 119 cm³/mol. The molecule has 7 heteroatoms. The number of benzene rings is 2. The van der Waals surface area contributed by atoms with Gasteiger partial charge in [0.1, 0.15) is 11.6 Å². The van der Waals surface area contributed by atoms with Crippen LogP contribution in [0.4, 0.5) is 10.1 Å². The highest BCUT2D eigenvalue weighted by Gasteiger charge is 2.19. The maximum absolute atomic E-state index is 13.1. The molecule has 1 heterocycles. The van der Waals surface area contributed by atoms with Gasteiger partial charge in [0.15, 0.2) is 5.96 Å². The monoisotopic (exact) mass is 484 g/mol. The summed E-state index contributed by atoms with van der Waals surface area (Å²) < 4.78 is 18.3. The standard InChI is InChI=1S/C20H25FN4O.HI/c1-22-20(23-15-16-3-9-19(26-2)10-4-16)25-13-11-24(12-14-25)18-7-5-17(21)6-8-18;/h3-10H,11-15H2,1-2H3,(H,22,23);1H. The van der Waals surface area contributed by atoms with E-state index >= 15 is 0 Å². The van der Waals surface area contributed by atoms with Crippen molar-refractivity contribution in [3.05, 3.63) is 59.9 Å². The molecule has 0 atom stereocenters. The minimum atomic E-state index is -0.199. The van der Waals surface area contributed by atoms with Crippen molar-refractivity contribution in [3.8, 4) is 5.75 Å². The summed E-state index contributed by atoms with van der Waals surface area (Å²) in [7, 11) is 3.48. The number of methoxy groups -OCH3 is 1. The third-order valence-corrected chi connectivity index (χ3v) is 4.59. The van der Waals surface area contributed by atoms with Crippen molar-refractivity contribution in [2.75, 3.05) is 45.2 Å². The molecule has 27 heavy (non-hydrogen) atoms. The van der Waals surface area contributed by atoms with Gasteiger partial charge < -0.3 is 19.9 Å². The van der Waals surface area contributed by atoms with Crippen molar-refractivity contribution in [2.45, 2.75) is 6.54 Å². The molecule has 0 saturated carbocycles. The minimum absolute atomic E-state index is 0. The first-order valence-electron chi connectivity index (χ1n) is 8.78. The van der Waals surface area contributed by atoms with Gasteiger partial charge >= 0.3 is 0 Å². The van der Waals surface area contributed by atoms with E-state index in [1.165, 1.54) is 17.7 Å². The molecule has 1 saturated heterocycles. The lowest BCUT2D eigenvalue weighted by Gasteiger charge is -2.37. The third-order valence-electron chi connectivity index (χ3n) is 4.59. The number of nitrogens with one attached hydrogen (secondary N) is 1. The molecule has 0 aromatic heterocycles. The molecule has 5 nitrogen and oxygen atoms in total. The van der Waals surface area contributed by atoms with Crippen LogP contribution in [0.2, 0.25) is 0 Å². The minimum Gasteiger partial charge on any atom is -0.497 e. The largest absolute Gasteiger partial charge is 0.497 e. The van der Waals surface area contributed by atoms with Crippen molar-refractivity contribution in [1.29, 1.82) is 0 Å². The van der Waals surface area contributed by atoms with Gasteiger partial charge in [-0.3, -0.25) is 4.99 Å². The first-order chi connectivity index (χ1) is 12.7. The zero-order chi connectivity index (χ0) is 18.4. The number of aliphatic imine (C=N–C) groups is 1. The van der Waals surface area contributed by atoms with Gasteiger partial charge in [0.2, 0.25) is 0 Å². The highest BCUT2D eigenvalue weighted by atomic mass is 127. The molecule has 1 N–H and O–H groups in total. The second-order valence-electron chi connectivity index (χ2n) is 6.20. The average molecular weight is 484 g/mol. The summed E-state index contributed by atoms with van der Waals surface area (Å²) in [5.41, 5.74) is 2.24. The number of hydrogen-bond acceptors (Lipinski definition) is 3. The van der Waals surface area contributed by atoms with Crippen molar-refractivity contribution in [2.24, 2.45) is 4.99 Å². The summed E-state index contributed by atoms with van der Waals surface area (Å²) in [6, 6.07) is 14.7. The zero-order valence-electron chi connectivity index (χ0n) is 15.7. The molecule has 2 aromatic rings. The third kappa shape index (κ3) is 5.72. The first-order valence-corrected chi connectivity index (χ1v) is 8.78. The zero-order valence-corrected chi connectivity index (χ0v) is 18.0. The van der Waals surface area contributed by atoms with E-state index < -0.39 is 0 Å². The molecule has 0 aliphatic carbocycles. The van der Waals surface area contributed by atoms with Crippen LogP contribution in [0.15, 0.2) is 53.5 Å². The molecule has 0 amide bonds. The van der Waals surface area contributed by atoms with Gasteiger partial charge in [0.25, 0.3) is 0 Å². The highest BCUT2D eigenvalue weighted by Crippen LogP contribution is 2.17. The van der Waals surface area contributed by atoms with Crippen molar-refractivity contribution >= 4 is 35.6 Å². The lowest BCUT2D eigenvalue weighted by Crippen LogP contribution is -2.52. The Morgan fingerprint density at radius 2 is 1.67 bits per heavy atom. The summed E-state index contributed by atoms with van der Waals surface area (Å²) in [4.78, 5) is 8.93. The first kappa shape index (κ1) is 21.3.